The van der Waals surface area contributed by atoms with Crippen LogP contribution in [0, 0.1) is 0 Å². The van der Waals surface area contributed by atoms with E-state index in [2.05, 4.69) is 5.32 Å². The molecular formula is C15H13ClF3NO. The zero-order valence-corrected chi connectivity index (χ0v) is 11.7. The Morgan fingerprint density at radius 1 is 1.00 bits per heavy atom. The zero-order valence-electron chi connectivity index (χ0n) is 10.9. The molecule has 0 bridgehead atoms. The number of hydrogen-bond donors (Lipinski definition) is 2. The zero-order chi connectivity index (χ0) is 15.5. The van der Waals surface area contributed by atoms with Crippen LogP contribution in [0.2, 0.25) is 5.02 Å². The van der Waals surface area contributed by atoms with Gasteiger partial charge in [0.15, 0.2) is 0 Å². The van der Waals surface area contributed by atoms with Gasteiger partial charge in [-0.25, -0.2) is 0 Å². The number of alkyl halides is 3. The van der Waals surface area contributed by atoms with Crippen LogP contribution in [0.1, 0.15) is 16.7 Å². The van der Waals surface area contributed by atoms with E-state index in [4.69, 9.17) is 16.7 Å². The van der Waals surface area contributed by atoms with Gasteiger partial charge in [0, 0.05) is 6.54 Å². The van der Waals surface area contributed by atoms with Crippen LogP contribution in [0.3, 0.4) is 0 Å². The lowest BCUT2D eigenvalue weighted by Crippen LogP contribution is -2.06. The van der Waals surface area contributed by atoms with Crippen molar-refractivity contribution in [3.63, 3.8) is 0 Å². The molecule has 0 spiro atoms. The van der Waals surface area contributed by atoms with Gasteiger partial charge in [0.05, 0.1) is 22.9 Å². The molecule has 0 heterocycles. The Morgan fingerprint density at radius 3 is 2.14 bits per heavy atom. The lowest BCUT2D eigenvalue weighted by Gasteiger charge is -2.12. The second kappa shape index (κ2) is 6.37. The minimum atomic E-state index is -4.40. The van der Waals surface area contributed by atoms with Crippen LogP contribution < -0.4 is 5.32 Å². The molecule has 2 N–H and O–H groups in total. The SMILES string of the molecule is OCc1ccc(CNc2ccc(C(F)(F)F)cc2Cl)cc1. The molecule has 6 heteroatoms. The number of aliphatic hydroxyl groups excluding tert-OH is 1. The maximum absolute atomic E-state index is 12.5. The summed E-state index contributed by atoms with van der Waals surface area (Å²) < 4.78 is 37.6. The molecule has 0 saturated heterocycles. The van der Waals surface area contributed by atoms with E-state index < -0.39 is 11.7 Å². The third kappa shape index (κ3) is 4.12. The molecule has 2 aromatic carbocycles. The molecule has 0 aliphatic rings. The molecule has 0 unspecified atom stereocenters. The van der Waals surface area contributed by atoms with Crippen molar-refractivity contribution in [2.24, 2.45) is 0 Å². The van der Waals surface area contributed by atoms with Crippen molar-refractivity contribution in [1.82, 2.24) is 0 Å². The summed E-state index contributed by atoms with van der Waals surface area (Å²) >= 11 is 5.85. The normalized spacial score (nSPS) is 11.5. The maximum atomic E-state index is 12.5. The fourth-order valence-electron chi connectivity index (χ4n) is 1.79. The van der Waals surface area contributed by atoms with Crippen molar-refractivity contribution in [3.8, 4) is 0 Å². The molecule has 0 aliphatic heterocycles. The fraction of sp³-hybridized carbons (Fsp3) is 0.200. The number of nitrogens with one attached hydrogen (secondary N) is 1. The lowest BCUT2D eigenvalue weighted by molar-refractivity contribution is -0.137. The summed E-state index contributed by atoms with van der Waals surface area (Å²) in [6.45, 7) is 0.398. The van der Waals surface area contributed by atoms with E-state index in [9.17, 15) is 13.2 Å². The maximum Gasteiger partial charge on any atom is 0.416 e. The van der Waals surface area contributed by atoms with E-state index in [0.29, 0.717) is 12.2 Å². The predicted molar refractivity (Wildman–Crippen MR) is 76.1 cm³/mol. The summed E-state index contributed by atoms with van der Waals surface area (Å²) in [4.78, 5) is 0. The molecule has 2 rings (SSSR count). The van der Waals surface area contributed by atoms with Crippen LogP contribution >= 0.6 is 11.6 Å². The van der Waals surface area contributed by atoms with Gasteiger partial charge in [0.2, 0.25) is 0 Å². The fourth-order valence-corrected chi connectivity index (χ4v) is 2.04. The van der Waals surface area contributed by atoms with Crippen LogP contribution in [0.25, 0.3) is 0 Å². The van der Waals surface area contributed by atoms with Crippen LogP contribution in [0.15, 0.2) is 42.5 Å². The third-order valence-electron chi connectivity index (χ3n) is 2.98. The van der Waals surface area contributed by atoms with Gasteiger partial charge in [-0.15, -0.1) is 0 Å². The van der Waals surface area contributed by atoms with E-state index in [-0.39, 0.29) is 11.6 Å². The number of benzene rings is 2. The number of halogens is 4. The van der Waals surface area contributed by atoms with E-state index in [1.54, 1.807) is 12.1 Å². The minimum Gasteiger partial charge on any atom is -0.392 e. The van der Waals surface area contributed by atoms with Gasteiger partial charge in [0.25, 0.3) is 0 Å². The Kier molecular flexibility index (Phi) is 4.75. The number of hydrogen-bond acceptors (Lipinski definition) is 2. The van der Waals surface area contributed by atoms with Gasteiger partial charge in [-0.05, 0) is 29.3 Å². The summed E-state index contributed by atoms with van der Waals surface area (Å²) in [5.74, 6) is 0. The Bertz CT molecular complexity index is 611. The number of aliphatic hydroxyl groups is 1. The molecule has 0 aromatic heterocycles. The van der Waals surface area contributed by atoms with Crippen molar-refractivity contribution in [2.75, 3.05) is 5.32 Å². The molecule has 0 fully saturated rings. The van der Waals surface area contributed by atoms with E-state index in [1.807, 2.05) is 12.1 Å². The molecule has 0 amide bonds. The highest BCUT2D eigenvalue weighted by Crippen LogP contribution is 2.33. The Labute approximate surface area is 125 Å². The largest absolute Gasteiger partial charge is 0.416 e. The van der Waals surface area contributed by atoms with Gasteiger partial charge in [-0.2, -0.15) is 13.2 Å². The lowest BCUT2D eigenvalue weighted by atomic mass is 10.1. The molecule has 0 atom stereocenters. The number of rotatable bonds is 4. The van der Waals surface area contributed by atoms with Gasteiger partial charge < -0.3 is 10.4 Å². The van der Waals surface area contributed by atoms with Gasteiger partial charge in [-0.1, -0.05) is 35.9 Å². The molecule has 0 saturated carbocycles. The Morgan fingerprint density at radius 2 is 1.62 bits per heavy atom. The average molecular weight is 316 g/mol. The topological polar surface area (TPSA) is 32.3 Å². The van der Waals surface area contributed by atoms with Gasteiger partial charge >= 0.3 is 6.18 Å². The van der Waals surface area contributed by atoms with E-state index >= 15 is 0 Å². The van der Waals surface area contributed by atoms with E-state index in [1.165, 1.54) is 6.07 Å². The van der Waals surface area contributed by atoms with Crippen molar-refractivity contribution in [1.29, 1.82) is 0 Å². The van der Waals surface area contributed by atoms with Crippen LogP contribution in [-0.4, -0.2) is 5.11 Å². The third-order valence-corrected chi connectivity index (χ3v) is 3.30. The highest BCUT2D eigenvalue weighted by molar-refractivity contribution is 6.33. The summed E-state index contributed by atoms with van der Waals surface area (Å²) in [5.41, 5.74) is 1.40. The number of anilines is 1. The Balaban J connectivity index is 2.06. The smallest absolute Gasteiger partial charge is 0.392 e. The minimum absolute atomic E-state index is 0.0248. The van der Waals surface area contributed by atoms with Crippen molar-refractivity contribution < 1.29 is 18.3 Å². The molecule has 2 aromatic rings. The first-order chi connectivity index (χ1) is 9.90. The molecule has 112 valence electrons. The van der Waals surface area contributed by atoms with Crippen LogP contribution in [-0.2, 0) is 19.3 Å². The predicted octanol–water partition coefficient (Wildman–Crippen LogP) is 4.46. The summed E-state index contributed by atoms with van der Waals surface area (Å²) in [6.07, 6.45) is -4.40. The summed E-state index contributed by atoms with van der Waals surface area (Å²) in [6, 6.07) is 10.4. The average Bonchev–Trinajstić information content (AvgIpc) is 2.45. The quantitative estimate of drug-likeness (QED) is 0.873. The highest BCUT2D eigenvalue weighted by Gasteiger charge is 2.30. The van der Waals surface area contributed by atoms with E-state index in [0.717, 1.165) is 23.3 Å². The molecule has 21 heavy (non-hydrogen) atoms. The van der Waals surface area contributed by atoms with Crippen molar-refractivity contribution in [2.45, 2.75) is 19.3 Å². The standard InChI is InChI=1S/C15H13ClF3NO/c16-13-7-12(15(17,18)19)5-6-14(13)20-8-10-1-3-11(9-21)4-2-10/h1-7,20-21H,8-9H2. The molecule has 0 radical (unpaired) electrons. The van der Waals surface area contributed by atoms with Crippen molar-refractivity contribution >= 4 is 17.3 Å². The monoisotopic (exact) mass is 315 g/mol. The van der Waals surface area contributed by atoms with Crippen LogP contribution in [0.5, 0.6) is 0 Å². The van der Waals surface area contributed by atoms with Gasteiger partial charge in [0.1, 0.15) is 0 Å². The second-order valence-electron chi connectivity index (χ2n) is 4.52. The van der Waals surface area contributed by atoms with Crippen LogP contribution in [0.4, 0.5) is 18.9 Å². The summed E-state index contributed by atoms with van der Waals surface area (Å²) in [5, 5.41) is 11.9. The highest BCUT2D eigenvalue weighted by atomic mass is 35.5. The van der Waals surface area contributed by atoms with Crippen molar-refractivity contribution in [3.05, 3.63) is 64.2 Å². The first-order valence-corrected chi connectivity index (χ1v) is 6.57. The second-order valence-corrected chi connectivity index (χ2v) is 4.93. The molecule has 2 nitrogen and oxygen atoms in total. The Hall–Kier alpha value is -1.72. The first-order valence-electron chi connectivity index (χ1n) is 6.19. The van der Waals surface area contributed by atoms with Gasteiger partial charge in [-0.3, -0.25) is 0 Å². The summed E-state index contributed by atoms with van der Waals surface area (Å²) in [7, 11) is 0. The molecule has 0 aliphatic carbocycles. The molecular weight excluding hydrogens is 303 g/mol. The first kappa shape index (κ1) is 15.7.